The molecular formula is C8H18N2OS. The van der Waals surface area contributed by atoms with E-state index in [0.29, 0.717) is 17.6 Å². The maximum absolute atomic E-state index is 5.52. The summed E-state index contributed by atoms with van der Waals surface area (Å²) in [5.41, 5.74) is 5.52. The van der Waals surface area contributed by atoms with Gasteiger partial charge in [-0.25, -0.2) is 0 Å². The predicted molar refractivity (Wildman–Crippen MR) is 55.3 cm³/mol. The van der Waals surface area contributed by atoms with Crippen molar-refractivity contribution in [2.75, 3.05) is 20.8 Å². The highest BCUT2D eigenvalue weighted by Crippen LogP contribution is 2.02. The molecule has 0 saturated heterocycles. The van der Waals surface area contributed by atoms with Crippen LogP contribution in [-0.2, 0) is 4.74 Å². The maximum atomic E-state index is 5.52. The van der Waals surface area contributed by atoms with E-state index in [1.165, 1.54) is 0 Å². The highest BCUT2D eigenvalue weighted by Gasteiger charge is 2.16. The van der Waals surface area contributed by atoms with Crippen LogP contribution < -0.4 is 5.73 Å². The van der Waals surface area contributed by atoms with Gasteiger partial charge in [-0.2, -0.15) is 0 Å². The van der Waals surface area contributed by atoms with Gasteiger partial charge in [0.2, 0.25) is 0 Å². The van der Waals surface area contributed by atoms with Crippen LogP contribution >= 0.6 is 12.2 Å². The van der Waals surface area contributed by atoms with E-state index in [9.17, 15) is 0 Å². The number of nitrogens with two attached hydrogens (primary N) is 1. The molecule has 0 rings (SSSR count). The van der Waals surface area contributed by atoms with Crippen LogP contribution in [0.4, 0.5) is 0 Å². The molecule has 0 saturated carbocycles. The Kier molecular flexibility index (Phi) is 5.37. The molecule has 4 heteroatoms. The van der Waals surface area contributed by atoms with Crippen molar-refractivity contribution in [3.05, 3.63) is 0 Å². The first-order chi connectivity index (χ1) is 5.50. The van der Waals surface area contributed by atoms with Crippen molar-refractivity contribution in [1.29, 1.82) is 0 Å². The van der Waals surface area contributed by atoms with Crippen molar-refractivity contribution in [1.82, 2.24) is 4.90 Å². The molecule has 0 aromatic carbocycles. The van der Waals surface area contributed by atoms with Crippen LogP contribution in [0.3, 0.4) is 0 Å². The summed E-state index contributed by atoms with van der Waals surface area (Å²) in [4.78, 5) is 2.63. The van der Waals surface area contributed by atoms with Crippen LogP contribution in [0.5, 0.6) is 0 Å². The van der Waals surface area contributed by atoms with E-state index >= 15 is 0 Å². The second kappa shape index (κ2) is 5.45. The third-order valence-corrected chi connectivity index (χ3v) is 2.47. The van der Waals surface area contributed by atoms with Crippen molar-refractivity contribution in [2.24, 2.45) is 5.73 Å². The average molecular weight is 190 g/mol. The zero-order valence-electron chi connectivity index (χ0n) is 8.20. The highest BCUT2D eigenvalue weighted by molar-refractivity contribution is 7.80. The van der Waals surface area contributed by atoms with E-state index in [2.05, 4.69) is 11.8 Å². The van der Waals surface area contributed by atoms with Gasteiger partial charge in [-0.3, -0.25) is 4.90 Å². The fourth-order valence-corrected chi connectivity index (χ4v) is 1.11. The second-order valence-electron chi connectivity index (χ2n) is 3.05. The molecule has 0 aliphatic rings. The number of hydrogen-bond donors (Lipinski definition) is 1. The lowest BCUT2D eigenvalue weighted by molar-refractivity contribution is 0.109. The predicted octanol–water partition coefficient (Wildman–Crippen LogP) is 0.628. The summed E-state index contributed by atoms with van der Waals surface area (Å²) in [6.45, 7) is 4.77. The van der Waals surface area contributed by atoms with Gasteiger partial charge >= 0.3 is 0 Å². The third-order valence-electron chi connectivity index (χ3n) is 2.13. The minimum Gasteiger partial charge on any atom is -0.392 e. The Bertz CT molecular complexity index is 152. The molecule has 0 bridgehead atoms. The molecule has 0 aromatic heterocycles. The molecule has 2 atom stereocenters. The van der Waals surface area contributed by atoms with Gasteiger partial charge in [-0.15, -0.1) is 0 Å². The summed E-state index contributed by atoms with van der Waals surface area (Å²) in [7, 11) is 3.68. The normalized spacial score (nSPS) is 16.1. The quantitative estimate of drug-likeness (QED) is 0.645. The minimum atomic E-state index is 0.130. The number of methoxy groups -OCH3 is 1. The Hall–Kier alpha value is -0.190. The standard InChI is InChI=1S/C8H18N2OS/c1-6(5-11-4)10(3)7(2)8(9)12/h6-7H,5H2,1-4H3,(H2,9,12). The van der Waals surface area contributed by atoms with Crippen molar-refractivity contribution >= 4 is 17.2 Å². The molecule has 0 amide bonds. The molecule has 3 nitrogen and oxygen atoms in total. The first-order valence-electron chi connectivity index (χ1n) is 4.00. The monoisotopic (exact) mass is 190 g/mol. The SMILES string of the molecule is COCC(C)N(C)C(C)C(N)=S. The zero-order chi connectivity index (χ0) is 9.72. The van der Waals surface area contributed by atoms with E-state index < -0.39 is 0 Å². The van der Waals surface area contributed by atoms with Gasteiger partial charge in [-0.1, -0.05) is 12.2 Å². The molecule has 0 fully saturated rings. The number of rotatable bonds is 5. The first kappa shape index (κ1) is 11.8. The Labute approximate surface area is 79.9 Å². The molecule has 0 aliphatic heterocycles. The van der Waals surface area contributed by atoms with E-state index in [1.807, 2.05) is 14.0 Å². The summed E-state index contributed by atoms with van der Waals surface area (Å²) in [5, 5.41) is 0. The van der Waals surface area contributed by atoms with Crippen LogP contribution in [0.15, 0.2) is 0 Å². The van der Waals surface area contributed by atoms with Gasteiger partial charge in [0, 0.05) is 13.2 Å². The Balaban J connectivity index is 3.99. The summed E-state index contributed by atoms with van der Waals surface area (Å²) in [5.74, 6) is 0. The topological polar surface area (TPSA) is 38.5 Å². The number of ether oxygens (including phenoxy) is 1. The van der Waals surface area contributed by atoms with Crippen molar-refractivity contribution < 1.29 is 4.74 Å². The molecule has 2 N–H and O–H groups in total. The third kappa shape index (κ3) is 3.47. The van der Waals surface area contributed by atoms with Crippen LogP contribution in [0.25, 0.3) is 0 Å². The van der Waals surface area contributed by atoms with Gasteiger partial charge in [0.15, 0.2) is 0 Å². The largest absolute Gasteiger partial charge is 0.392 e. The molecule has 0 spiro atoms. The fourth-order valence-electron chi connectivity index (χ4n) is 0.941. The zero-order valence-corrected chi connectivity index (χ0v) is 9.02. The number of hydrogen-bond acceptors (Lipinski definition) is 3. The smallest absolute Gasteiger partial charge is 0.0899 e. The lowest BCUT2D eigenvalue weighted by Crippen LogP contribution is -2.45. The van der Waals surface area contributed by atoms with E-state index in [1.54, 1.807) is 7.11 Å². The Morgan fingerprint density at radius 1 is 1.58 bits per heavy atom. The molecule has 0 radical (unpaired) electrons. The highest BCUT2D eigenvalue weighted by atomic mass is 32.1. The van der Waals surface area contributed by atoms with E-state index in [0.717, 1.165) is 0 Å². The van der Waals surface area contributed by atoms with Crippen LogP contribution in [0.1, 0.15) is 13.8 Å². The Morgan fingerprint density at radius 3 is 2.42 bits per heavy atom. The van der Waals surface area contributed by atoms with Crippen molar-refractivity contribution in [2.45, 2.75) is 25.9 Å². The molecule has 12 heavy (non-hydrogen) atoms. The lowest BCUT2D eigenvalue weighted by Gasteiger charge is -2.29. The summed E-state index contributed by atoms with van der Waals surface area (Å²) in [6.07, 6.45) is 0. The van der Waals surface area contributed by atoms with Gasteiger partial charge < -0.3 is 10.5 Å². The lowest BCUT2D eigenvalue weighted by atomic mass is 10.2. The maximum Gasteiger partial charge on any atom is 0.0899 e. The van der Waals surface area contributed by atoms with Gasteiger partial charge in [0.25, 0.3) is 0 Å². The van der Waals surface area contributed by atoms with E-state index in [4.69, 9.17) is 22.7 Å². The molecule has 2 unspecified atom stereocenters. The fraction of sp³-hybridized carbons (Fsp3) is 0.875. The second-order valence-corrected chi connectivity index (χ2v) is 3.52. The van der Waals surface area contributed by atoms with Crippen LogP contribution in [0, 0.1) is 0 Å². The summed E-state index contributed by atoms with van der Waals surface area (Å²) in [6, 6.07) is 0.469. The molecule has 72 valence electrons. The summed E-state index contributed by atoms with van der Waals surface area (Å²) >= 11 is 4.89. The molecule has 0 aliphatic carbocycles. The average Bonchev–Trinajstić information content (AvgIpc) is 2.02. The van der Waals surface area contributed by atoms with Gasteiger partial charge in [0.05, 0.1) is 17.6 Å². The summed E-state index contributed by atoms with van der Waals surface area (Å²) < 4.78 is 5.03. The molecule has 0 aromatic rings. The van der Waals surface area contributed by atoms with E-state index in [-0.39, 0.29) is 6.04 Å². The molecular weight excluding hydrogens is 172 g/mol. The number of nitrogens with zero attached hydrogens (tertiary/aromatic N) is 1. The first-order valence-corrected chi connectivity index (χ1v) is 4.41. The minimum absolute atomic E-state index is 0.130. The molecule has 0 heterocycles. The van der Waals surface area contributed by atoms with Gasteiger partial charge in [0.1, 0.15) is 0 Å². The van der Waals surface area contributed by atoms with Crippen molar-refractivity contribution in [3.63, 3.8) is 0 Å². The number of thiocarbonyl (C=S) groups is 1. The van der Waals surface area contributed by atoms with Crippen LogP contribution in [0.2, 0.25) is 0 Å². The van der Waals surface area contributed by atoms with Gasteiger partial charge in [-0.05, 0) is 20.9 Å². The van der Waals surface area contributed by atoms with Crippen LogP contribution in [-0.4, -0.2) is 42.7 Å². The van der Waals surface area contributed by atoms with Crippen molar-refractivity contribution in [3.8, 4) is 0 Å². The number of likely N-dealkylation sites (N-methyl/N-ethyl adjacent to an activating group) is 1. The Morgan fingerprint density at radius 2 is 2.08 bits per heavy atom.